The zero-order valence-corrected chi connectivity index (χ0v) is 27.8. The van der Waals surface area contributed by atoms with Gasteiger partial charge in [-0.3, -0.25) is 4.79 Å². The summed E-state index contributed by atoms with van der Waals surface area (Å²) in [5.74, 6) is 2.07. The van der Waals surface area contributed by atoms with Gasteiger partial charge in [0.1, 0.15) is 17.5 Å². The Labute approximate surface area is 263 Å². The summed E-state index contributed by atoms with van der Waals surface area (Å²) in [5, 5.41) is 9.55. The number of carbonyl (C=O) groups is 2. The third kappa shape index (κ3) is 3.65. The number of phenolic OH excluding ortho intramolecular Hbond substituents is 1. The van der Waals surface area contributed by atoms with Crippen LogP contribution in [0.2, 0.25) is 0 Å². The van der Waals surface area contributed by atoms with E-state index in [-0.39, 0.29) is 56.8 Å². The van der Waals surface area contributed by atoms with Gasteiger partial charge in [-0.1, -0.05) is 66.7 Å². The Bertz CT molecular complexity index is 1420. The molecule has 7 rings (SSSR count). The molecule has 4 saturated carbocycles. The van der Waals surface area contributed by atoms with Gasteiger partial charge in [0.15, 0.2) is 0 Å². The fourth-order valence-electron chi connectivity index (χ4n) is 12.5. The largest absolute Gasteiger partial charge is 0.508 e. The molecule has 5 heteroatoms. The number of esters is 2. The first-order valence-electron chi connectivity index (χ1n) is 17.3. The number of hydrogen-bond donors (Lipinski definition) is 1. The van der Waals surface area contributed by atoms with Crippen LogP contribution in [-0.4, -0.2) is 28.8 Å². The van der Waals surface area contributed by atoms with Gasteiger partial charge >= 0.3 is 11.9 Å². The number of benzene rings is 1. The first kappa shape index (κ1) is 30.1. The van der Waals surface area contributed by atoms with Crippen LogP contribution in [0.25, 0.3) is 6.08 Å². The molecular formula is C39H52O5. The summed E-state index contributed by atoms with van der Waals surface area (Å²) < 4.78 is 13.0. The van der Waals surface area contributed by atoms with E-state index in [1.165, 1.54) is 6.08 Å². The van der Waals surface area contributed by atoms with E-state index < -0.39 is 5.60 Å². The van der Waals surface area contributed by atoms with Crippen molar-refractivity contribution >= 4 is 18.0 Å². The van der Waals surface area contributed by atoms with Crippen molar-refractivity contribution < 1.29 is 24.2 Å². The first-order chi connectivity index (χ1) is 20.6. The fraction of sp³-hybridized carbons (Fsp3) is 0.692. The van der Waals surface area contributed by atoms with Crippen molar-refractivity contribution in [2.75, 3.05) is 0 Å². The highest BCUT2D eigenvalue weighted by molar-refractivity contribution is 5.87. The normalized spacial score (nSPS) is 48.5. The van der Waals surface area contributed by atoms with Crippen molar-refractivity contribution in [3.8, 4) is 5.75 Å². The molecule has 1 heterocycles. The number of aromatic hydroxyl groups is 1. The van der Waals surface area contributed by atoms with E-state index in [9.17, 15) is 14.7 Å². The quantitative estimate of drug-likeness (QED) is 0.214. The number of rotatable bonds is 3. The molecular weight excluding hydrogens is 548 g/mol. The van der Waals surface area contributed by atoms with Gasteiger partial charge in [-0.25, -0.2) is 4.79 Å². The Kier molecular flexibility index (Phi) is 6.49. The third-order valence-electron chi connectivity index (χ3n) is 15.3. The highest BCUT2D eigenvalue weighted by Gasteiger charge is 2.80. The van der Waals surface area contributed by atoms with Gasteiger partial charge in [0.05, 0.1) is 5.41 Å². The van der Waals surface area contributed by atoms with Crippen LogP contribution in [0.1, 0.15) is 105 Å². The Morgan fingerprint density at radius 3 is 2.41 bits per heavy atom. The Balaban J connectivity index is 1.18. The summed E-state index contributed by atoms with van der Waals surface area (Å²) in [7, 11) is 0. The van der Waals surface area contributed by atoms with E-state index in [0.29, 0.717) is 23.7 Å². The summed E-state index contributed by atoms with van der Waals surface area (Å²) in [5.41, 5.74) is -0.192. The van der Waals surface area contributed by atoms with E-state index in [1.54, 1.807) is 30.3 Å². The SMILES string of the molecule is C[C@H]1[C@H](C)CC[C@@]23CC[C@]4(C)[C@@](C=C[C@@H]5[C@@]6(C)CC[C@H](OC(=O)C=Cc7ccc(O)cc7)C(C)(C)[C@@H]6CC[C@]54C)(OC2=O)[C@H]13. The van der Waals surface area contributed by atoms with Crippen LogP contribution in [0.5, 0.6) is 5.75 Å². The maximum absolute atomic E-state index is 13.8. The summed E-state index contributed by atoms with van der Waals surface area (Å²) in [6.07, 6.45) is 16.2. The minimum Gasteiger partial charge on any atom is -0.508 e. The Hall–Kier alpha value is -2.56. The van der Waals surface area contributed by atoms with E-state index in [1.807, 2.05) is 0 Å². The van der Waals surface area contributed by atoms with Crippen molar-refractivity contribution in [3.05, 3.63) is 48.1 Å². The number of phenols is 1. The molecule has 5 aliphatic carbocycles. The monoisotopic (exact) mass is 600 g/mol. The molecule has 0 radical (unpaired) electrons. The lowest BCUT2D eigenvalue weighted by Gasteiger charge is -2.72. The second-order valence-electron chi connectivity index (χ2n) is 17.1. The second kappa shape index (κ2) is 9.48. The van der Waals surface area contributed by atoms with Crippen molar-refractivity contribution in [1.29, 1.82) is 0 Å². The van der Waals surface area contributed by atoms with Gasteiger partial charge in [-0.2, -0.15) is 0 Å². The van der Waals surface area contributed by atoms with Gasteiger partial charge < -0.3 is 14.6 Å². The molecule has 44 heavy (non-hydrogen) atoms. The smallest absolute Gasteiger partial charge is 0.331 e. The molecule has 0 aromatic heterocycles. The maximum Gasteiger partial charge on any atom is 0.331 e. The van der Waals surface area contributed by atoms with E-state index in [0.717, 1.165) is 56.9 Å². The molecule has 1 spiro atoms. The molecule has 1 N–H and O–H groups in total. The lowest BCUT2D eigenvalue weighted by molar-refractivity contribution is -0.247. The number of carbonyl (C=O) groups excluding carboxylic acids is 2. The van der Waals surface area contributed by atoms with Crippen LogP contribution in [0.3, 0.4) is 0 Å². The zero-order valence-electron chi connectivity index (χ0n) is 27.8. The molecule has 5 nitrogen and oxygen atoms in total. The molecule has 1 aromatic rings. The average molecular weight is 601 g/mol. The highest BCUT2D eigenvalue weighted by Crippen LogP contribution is 2.79. The Morgan fingerprint density at radius 2 is 1.68 bits per heavy atom. The standard InChI is InChI=1S/C39H52O5/c1-24-14-20-38-23-22-37(7)36(6)19-15-28-34(3,4)30(43-31(41)13-10-26-8-11-27(40)12-9-26)17-18-35(28,5)29(36)16-21-39(37,44-33(38)42)32(38)25(24)2/h8-13,16,21,24-25,28-30,32,40H,14-15,17-20,22-23H2,1-7H3/t24-,25+,28+,29-,30+,32-,35+,36-,37+,38+,39+/m1/s1. The van der Waals surface area contributed by atoms with Crippen molar-refractivity contribution in [2.24, 2.45) is 56.7 Å². The topological polar surface area (TPSA) is 72.8 Å². The molecule has 5 fully saturated rings. The molecule has 0 amide bonds. The summed E-state index contributed by atoms with van der Waals surface area (Å²) >= 11 is 0. The first-order valence-corrected chi connectivity index (χ1v) is 17.3. The second-order valence-corrected chi connectivity index (χ2v) is 17.1. The number of allylic oxidation sites excluding steroid dienone is 1. The number of fused-ring (bicyclic) bond motifs is 4. The van der Waals surface area contributed by atoms with E-state index in [2.05, 4.69) is 60.6 Å². The molecule has 2 bridgehead atoms. The lowest BCUT2D eigenvalue weighted by Crippen LogP contribution is -2.71. The molecule has 238 valence electrons. The maximum atomic E-state index is 13.8. The molecule has 11 atom stereocenters. The van der Waals surface area contributed by atoms with E-state index in [4.69, 9.17) is 9.47 Å². The zero-order chi connectivity index (χ0) is 31.5. The minimum absolute atomic E-state index is 0.0105. The van der Waals surface area contributed by atoms with Gasteiger partial charge in [0.25, 0.3) is 0 Å². The predicted octanol–water partition coefficient (Wildman–Crippen LogP) is 8.51. The van der Waals surface area contributed by atoms with Crippen LogP contribution in [0, 0.1) is 56.7 Å². The molecule has 0 unspecified atom stereocenters. The van der Waals surface area contributed by atoms with Crippen LogP contribution < -0.4 is 0 Å². The highest BCUT2D eigenvalue weighted by atomic mass is 16.6. The minimum atomic E-state index is -0.517. The van der Waals surface area contributed by atoms with Gasteiger partial charge in [0.2, 0.25) is 0 Å². The molecule has 1 saturated heterocycles. The Morgan fingerprint density at radius 1 is 0.955 bits per heavy atom. The molecule has 1 aromatic carbocycles. The average Bonchev–Trinajstić information content (AvgIpc) is 3.17. The summed E-state index contributed by atoms with van der Waals surface area (Å²) in [4.78, 5) is 26.9. The van der Waals surface area contributed by atoms with Crippen LogP contribution >= 0.6 is 0 Å². The number of ether oxygens (including phenoxy) is 2. The predicted molar refractivity (Wildman–Crippen MR) is 171 cm³/mol. The van der Waals surface area contributed by atoms with Gasteiger partial charge in [-0.15, -0.1) is 0 Å². The summed E-state index contributed by atoms with van der Waals surface area (Å²) in [6, 6.07) is 6.80. The van der Waals surface area contributed by atoms with Crippen LogP contribution in [0.4, 0.5) is 0 Å². The fourth-order valence-corrected chi connectivity index (χ4v) is 12.5. The van der Waals surface area contributed by atoms with Crippen LogP contribution in [0.15, 0.2) is 42.5 Å². The van der Waals surface area contributed by atoms with Crippen molar-refractivity contribution in [2.45, 2.75) is 112 Å². The number of hydrogen-bond acceptors (Lipinski definition) is 5. The van der Waals surface area contributed by atoms with Gasteiger partial charge in [0, 0.05) is 22.8 Å². The van der Waals surface area contributed by atoms with Crippen molar-refractivity contribution in [1.82, 2.24) is 0 Å². The third-order valence-corrected chi connectivity index (χ3v) is 15.3. The lowest BCUT2D eigenvalue weighted by atomic mass is 9.32. The molecule has 6 aliphatic rings. The van der Waals surface area contributed by atoms with Crippen LogP contribution in [-0.2, 0) is 19.1 Å². The van der Waals surface area contributed by atoms with Crippen molar-refractivity contribution in [3.63, 3.8) is 0 Å². The molecule has 1 aliphatic heterocycles. The van der Waals surface area contributed by atoms with Gasteiger partial charge in [-0.05, 0) is 116 Å². The summed E-state index contributed by atoms with van der Waals surface area (Å²) in [6.45, 7) is 16.9. The van der Waals surface area contributed by atoms with E-state index >= 15 is 0 Å².